The van der Waals surface area contributed by atoms with Crippen LogP contribution in [0.4, 0.5) is 0 Å². The number of hydrogen-bond acceptors (Lipinski definition) is 6. The lowest BCUT2D eigenvalue weighted by molar-refractivity contribution is -0.144. The van der Waals surface area contributed by atoms with Gasteiger partial charge in [0.05, 0.1) is 22.1 Å². The fourth-order valence-corrected chi connectivity index (χ4v) is 3.00. The predicted octanol–water partition coefficient (Wildman–Crippen LogP) is 3.16. The molecule has 0 amide bonds. The Hall–Kier alpha value is -1.79. The van der Waals surface area contributed by atoms with Crippen molar-refractivity contribution in [2.75, 3.05) is 13.2 Å². The van der Waals surface area contributed by atoms with Gasteiger partial charge in [-0.05, 0) is 24.6 Å². The number of benzene rings is 1. The van der Waals surface area contributed by atoms with Gasteiger partial charge in [-0.3, -0.25) is 4.79 Å². The molecule has 0 fully saturated rings. The number of hydrogen-bond donors (Lipinski definition) is 0. The van der Waals surface area contributed by atoms with Crippen LogP contribution in [0.25, 0.3) is 0 Å². The summed E-state index contributed by atoms with van der Waals surface area (Å²) in [6.07, 6.45) is 0.169. The first-order valence-electron chi connectivity index (χ1n) is 6.76. The average Bonchev–Trinajstić information content (AvgIpc) is 2.90. The smallest absolute Gasteiger partial charge is 0.312 e. The molecule has 7 heteroatoms. The number of nitrogens with zero attached hydrogens (tertiary/aromatic N) is 1. The van der Waals surface area contributed by atoms with Gasteiger partial charge in [0.25, 0.3) is 0 Å². The Balaban J connectivity index is 1.61. The minimum Gasteiger partial charge on any atom is -0.486 e. The second-order valence-corrected chi connectivity index (χ2v) is 6.27. The molecule has 0 aliphatic carbocycles. The summed E-state index contributed by atoms with van der Waals surface area (Å²) in [4.78, 5) is 16.1. The van der Waals surface area contributed by atoms with E-state index in [9.17, 15) is 4.79 Å². The summed E-state index contributed by atoms with van der Waals surface area (Å²) in [5.41, 5.74) is 1.49. The Morgan fingerprint density at radius 3 is 3.00 bits per heavy atom. The SMILES string of the molecule is Cc1nc(CC(=O)OCc2cc(Cl)c3c(c2)OCCO3)cs1. The maximum Gasteiger partial charge on any atom is 0.312 e. The second-order valence-electron chi connectivity index (χ2n) is 4.80. The molecule has 116 valence electrons. The fourth-order valence-electron chi connectivity index (χ4n) is 2.10. The maximum absolute atomic E-state index is 11.8. The standard InChI is InChI=1S/C15H14ClNO4S/c1-9-17-11(8-22-9)6-14(18)21-7-10-4-12(16)15-13(5-10)19-2-3-20-15/h4-5,8H,2-3,6-7H2,1H3. The van der Waals surface area contributed by atoms with Crippen LogP contribution >= 0.6 is 22.9 Å². The van der Waals surface area contributed by atoms with Crippen LogP contribution < -0.4 is 9.47 Å². The van der Waals surface area contributed by atoms with Gasteiger partial charge in [0.2, 0.25) is 0 Å². The van der Waals surface area contributed by atoms with Gasteiger partial charge in [-0.25, -0.2) is 4.98 Å². The van der Waals surface area contributed by atoms with Gasteiger partial charge in [-0.1, -0.05) is 11.6 Å². The predicted molar refractivity (Wildman–Crippen MR) is 82.8 cm³/mol. The number of carbonyl (C=O) groups is 1. The van der Waals surface area contributed by atoms with Crippen LogP contribution in [-0.2, 0) is 22.6 Å². The van der Waals surface area contributed by atoms with Crippen molar-refractivity contribution < 1.29 is 19.0 Å². The van der Waals surface area contributed by atoms with Crippen molar-refractivity contribution in [3.8, 4) is 11.5 Å². The van der Waals surface area contributed by atoms with Gasteiger partial charge in [0, 0.05) is 5.38 Å². The van der Waals surface area contributed by atoms with E-state index in [-0.39, 0.29) is 19.0 Å². The molecule has 3 rings (SSSR count). The molecule has 0 saturated carbocycles. The molecule has 0 atom stereocenters. The molecule has 22 heavy (non-hydrogen) atoms. The average molecular weight is 340 g/mol. The normalized spacial score (nSPS) is 13.0. The third-order valence-corrected chi connectivity index (χ3v) is 4.15. The molecule has 0 N–H and O–H groups in total. The largest absolute Gasteiger partial charge is 0.486 e. The lowest BCUT2D eigenvalue weighted by Gasteiger charge is -2.20. The Kier molecular flexibility index (Phi) is 4.49. The number of halogens is 1. The zero-order valence-corrected chi connectivity index (χ0v) is 13.5. The molecule has 0 radical (unpaired) electrons. The highest BCUT2D eigenvalue weighted by atomic mass is 35.5. The number of aryl methyl sites for hydroxylation is 1. The van der Waals surface area contributed by atoms with Crippen LogP contribution in [0, 0.1) is 6.92 Å². The number of rotatable bonds is 4. The Bertz CT molecular complexity index is 701. The van der Waals surface area contributed by atoms with Crippen LogP contribution in [0.1, 0.15) is 16.3 Å². The van der Waals surface area contributed by atoms with E-state index in [1.54, 1.807) is 12.1 Å². The molecule has 1 aromatic carbocycles. The molecule has 1 aliphatic rings. The molecule has 5 nitrogen and oxygen atoms in total. The van der Waals surface area contributed by atoms with Crippen molar-refractivity contribution in [1.29, 1.82) is 0 Å². The third-order valence-electron chi connectivity index (χ3n) is 3.05. The van der Waals surface area contributed by atoms with Crippen molar-refractivity contribution in [1.82, 2.24) is 4.98 Å². The molecular weight excluding hydrogens is 326 g/mol. The fraction of sp³-hybridized carbons (Fsp3) is 0.333. The van der Waals surface area contributed by atoms with Crippen LogP contribution in [0.2, 0.25) is 5.02 Å². The van der Waals surface area contributed by atoms with Crippen molar-refractivity contribution >= 4 is 28.9 Å². The highest BCUT2D eigenvalue weighted by Gasteiger charge is 2.17. The van der Waals surface area contributed by atoms with Gasteiger partial charge in [0.15, 0.2) is 11.5 Å². The molecule has 1 aromatic heterocycles. The summed E-state index contributed by atoms with van der Waals surface area (Å²) in [6, 6.07) is 3.50. The van der Waals surface area contributed by atoms with Crippen molar-refractivity contribution in [3.63, 3.8) is 0 Å². The number of fused-ring (bicyclic) bond motifs is 1. The van der Waals surface area contributed by atoms with E-state index in [4.69, 9.17) is 25.8 Å². The van der Waals surface area contributed by atoms with Gasteiger partial charge in [-0.2, -0.15) is 0 Å². The highest BCUT2D eigenvalue weighted by Crippen LogP contribution is 2.38. The summed E-state index contributed by atoms with van der Waals surface area (Å²) in [5.74, 6) is 0.803. The highest BCUT2D eigenvalue weighted by molar-refractivity contribution is 7.09. The van der Waals surface area contributed by atoms with E-state index in [2.05, 4.69) is 4.98 Å². The van der Waals surface area contributed by atoms with Gasteiger partial charge >= 0.3 is 5.97 Å². The van der Waals surface area contributed by atoms with Crippen LogP contribution in [0.3, 0.4) is 0 Å². The van der Waals surface area contributed by atoms with Crippen molar-refractivity contribution in [3.05, 3.63) is 38.8 Å². The van der Waals surface area contributed by atoms with Crippen LogP contribution in [0.5, 0.6) is 11.5 Å². The quantitative estimate of drug-likeness (QED) is 0.801. The van der Waals surface area contributed by atoms with E-state index in [1.807, 2.05) is 12.3 Å². The summed E-state index contributed by atoms with van der Waals surface area (Å²) in [6.45, 7) is 3.00. The first kappa shape index (κ1) is 15.1. The lowest BCUT2D eigenvalue weighted by Crippen LogP contribution is -2.16. The van der Waals surface area contributed by atoms with Gasteiger partial charge in [-0.15, -0.1) is 11.3 Å². The molecule has 0 spiro atoms. The third kappa shape index (κ3) is 3.51. The maximum atomic E-state index is 11.8. The Morgan fingerprint density at radius 1 is 1.41 bits per heavy atom. The minimum atomic E-state index is -0.323. The molecule has 0 bridgehead atoms. The van der Waals surface area contributed by atoms with E-state index < -0.39 is 0 Å². The van der Waals surface area contributed by atoms with E-state index in [0.29, 0.717) is 29.7 Å². The molecule has 2 aromatic rings. The van der Waals surface area contributed by atoms with Crippen LogP contribution in [0.15, 0.2) is 17.5 Å². The number of thiazole rings is 1. The lowest BCUT2D eigenvalue weighted by atomic mass is 10.2. The zero-order valence-electron chi connectivity index (χ0n) is 11.9. The number of ether oxygens (including phenoxy) is 3. The van der Waals surface area contributed by atoms with Crippen molar-refractivity contribution in [2.45, 2.75) is 20.0 Å². The topological polar surface area (TPSA) is 57.7 Å². The molecule has 0 unspecified atom stereocenters. The molecular formula is C15H14ClNO4S. The van der Waals surface area contributed by atoms with Gasteiger partial charge in [0.1, 0.15) is 19.8 Å². The molecule has 2 heterocycles. The summed E-state index contributed by atoms with van der Waals surface area (Å²) < 4.78 is 16.2. The van der Waals surface area contributed by atoms with E-state index in [1.165, 1.54) is 11.3 Å². The molecule has 1 aliphatic heterocycles. The van der Waals surface area contributed by atoms with Crippen molar-refractivity contribution in [2.24, 2.45) is 0 Å². The second kappa shape index (κ2) is 6.54. The first-order valence-corrected chi connectivity index (χ1v) is 8.02. The monoisotopic (exact) mass is 339 g/mol. The number of aromatic nitrogens is 1. The summed E-state index contributed by atoms with van der Waals surface area (Å²) >= 11 is 7.65. The van der Waals surface area contributed by atoms with E-state index in [0.717, 1.165) is 16.3 Å². The first-order chi connectivity index (χ1) is 10.6. The summed E-state index contributed by atoms with van der Waals surface area (Å²) in [5, 5.41) is 3.25. The number of carbonyl (C=O) groups excluding carboxylic acids is 1. The van der Waals surface area contributed by atoms with Gasteiger partial charge < -0.3 is 14.2 Å². The summed E-state index contributed by atoms with van der Waals surface area (Å²) in [7, 11) is 0. The Morgan fingerprint density at radius 2 is 2.23 bits per heavy atom. The van der Waals surface area contributed by atoms with Crippen LogP contribution in [-0.4, -0.2) is 24.2 Å². The zero-order chi connectivity index (χ0) is 15.5. The van der Waals surface area contributed by atoms with E-state index >= 15 is 0 Å². The minimum absolute atomic E-state index is 0.137. The molecule has 0 saturated heterocycles. The number of esters is 1. The Labute approximate surface area is 136 Å².